The molecule has 2 saturated heterocycles. The van der Waals surface area contributed by atoms with Crippen molar-refractivity contribution in [2.75, 3.05) is 6.79 Å². The van der Waals surface area contributed by atoms with E-state index in [-0.39, 0.29) is 61.2 Å². The number of hydrogen-bond acceptors (Lipinski definition) is 11. The summed E-state index contributed by atoms with van der Waals surface area (Å²) >= 11 is 0. The molecule has 11 heteroatoms. The van der Waals surface area contributed by atoms with E-state index >= 15 is 0 Å². The minimum atomic E-state index is -0.491. The number of hydrogen-bond donors (Lipinski definition) is 0. The van der Waals surface area contributed by atoms with E-state index in [1.54, 1.807) is 6.08 Å². The fourth-order valence-corrected chi connectivity index (χ4v) is 7.93. The van der Waals surface area contributed by atoms with E-state index in [0.717, 1.165) is 44.9 Å². The molecule has 3 heterocycles. The Balaban J connectivity index is 1.41. The lowest BCUT2D eigenvalue weighted by Gasteiger charge is -2.27. The molecule has 2 fully saturated rings. The maximum Gasteiger partial charge on any atom is 0.334 e. The van der Waals surface area contributed by atoms with Gasteiger partial charge in [-0.15, -0.1) is 0 Å². The lowest BCUT2D eigenvalue weighted by Crippen LogP contribution is -2.39. The van der Waals surface area contributed by atoms with E-state index in [9.17, 15) is 19.2 Å². The van der Waals surface area contributed by atoms with Crippen LogP contribution in [-0.4, -0.2) is 79.5 Å². The Morgan fingerprint density at radius 2 is 1.40 bits per heavy atom. The molecule has 0 radical (unpaired) electrons. The van der Waals surface area contributed by atoms with Gasteiger partial charge in [0.25, 0.3) is 0 Å². The highest BCUT2D eigenvalue weighted by molar-refractivity contribution is 5.90. The van der Waals surface area contributed by atoms with Gasteiger partial charge in [0.1, 0.15) is 37.3 Å². The number of unbranched alkanes of at least 4 members (excludes halogenated alkanes) is 13. The molecule has 0 aromatic carbocycles. The third-order valence-corrected chi connectivity index (χ3v) is 10.6. The van der Waals surface area contributed by atoms with Crippen molar-refractivity contribution < 1.29 is 52.3 Å². The molecule has 0 saturated carbocycles. The van der Waals surface area contributed by atoms with Gasteiger partial charge in [-0.3, -0.25) is 14.4 Å². The first-order valence-corrected chi connectivity index (χ1v) is 20.9. The molecule has 0 aliphatic carbocycles. The number of carbonyl (C=O) groups is 4. The number of cyclic esters (lactones) is 1. The van der Waals surface area contributed by atoms with Gasteiger partial charge in [0, 0.05) is 39.2 Å². The van der Waals surface area contributed by atoms with Gasteiger partial charge >= 0.3 is 23.9 Å². The van der Waals surface area contributed by atoms with Crippen LogP contribution in [0.5, 0.6) is 0 Å². The minimum Gasteiger partial charge on any atom is -0.462 e. The van der Waals surface area contributed by atoms with E-state index in [2.05, 4.69) is 6.92 Å². The van der Waals surface area contributed by atoms with Gasteiger partial charge in [-0.25, -0.2) is 4.79 Å². The van der Waals surface area contributed by atoms with Crippen LogP contribution in [0, 0.1) is 0 Å². The van der Waals surface area contributed by atoms with Gasteiger partial charge < -0.3 is 33.2 Å². The van der Waals surface area contributed by atoms with Crippen molar-refractivity contribution in [3.8, 4) is 0 Å². The van der Waals surface area contributed by atoms with Crippen LogP contribution in [0.3, 0.4) is 0 Å². The highest BCUT2D eigenvalue weighted by Crippen LogP contribution is 2.35. The molecule has 0 spiro atoms. The molecule has 3 aliphatic heterocycles. The second-order valence-electron chi connectivity index (χ2n) is 15.4. The Morgan fingerprint density at radius 1 is 0.774 bits per heavy atom. The summed E-state index contributed by atoms with van der Waals surface area (Å²) < 4.78 is 41.0. The molecule has 304 valence electrons. The first-order chi connectivity index (χ1) is 25.5. The average Bonchev–Trinajstić information content (AvgIpc) is 3.55. The third kappa shape index (κ3) is 18.1. The van der Waals surface area contributed by atoms with Crippen molar-refractivity contribution in [2.45, 2.75) is 225 Å². The van der Waals surface area contributed by atoms with Crippen LogP contribution in [-0.2, 0) is 52.3 Å². The average molecular weight is 751 g/mol. The van der Waals surface area contributed by atoms with E-state index in [1.807, 2.05) is 6.92 Å². The lowest BCUT2D eigenvalue weighted by atomic mass is 9.97. The fourth-order valence-electron chi connectivity index (χ4n) is 7.93. The zero-order valence-corrected chi connectivity index (χ0v) is 33.5. The standard InChI is InChI=1S/C42H70O11/c1-6-7-8-9-10-11-12-13-14-15-16-20-23-37(51-32(4)44)39-28-40(52-33(5)45)41(53-39)38-25-24-35(47-29-48-38)21-18-17-19-22-36(50-31(3)43)27-34-26-30(2)49-42(34)46/h26,30,35-41H,6-25,27-29H2,1-5H3/t30-,35-,36+,37-,38-,39-,40+,41+/m0/s1. The Hall–Kier alpha value is -2.50. The Morgan fingerprint density at radius 3 is 2.00 bits per heavy atom. The van der Waals surface area contributed by atoms with Crippen molar-refractivity contribution in [3.63, 3.8) is 0 Å². The lowest BCUT2D eigenvalue weighted by molar-refractivity contribution is -0.171. The second-order valence-corrected chi connectivity index (χ2v) is 15.4. The zero-order chi connectivity index (χ0) is 38.4. The summed E-state index contributed by atoms with van der Waals surface area (Å²) in [4.78, 5) is 47.9. The van der Waals surface area contributed by atoms with Crippen LogP contribution in [0.1, 0.15) is 176 Å². The Kier molecular flexibility index (Phi) is 21.6. The van der Waals surface area contributed by atoms with Crippen molar-refractivity contribution in [1.29, 1.82) is 0 Å². The molecular weight excluding hydrogens is 680 g/mol. The van der Waals surface area contributed by atoms with Crippen LogP contribution in [0.25, 0.3) is 0 Å². The molecule has 0 aromatic rings. The van der Waals surface area contributed by atoms with Crippen molar-refractivity contribution in [1.82, 2.24) is 0 Å². The van der Waals surface area contributed by atoms with Crippen LogP contribution in [0.2, 0.25) is 0 Å². The zero-order valence-electron chi connectivity index (χ0n) is 33.5. The van der Waals surface area contributed by atoms with Gasteiger partial charge in [-0.2, -0.15) is 0 Å². The molecule has 0 bridgehead atoms. The molecular formula is C42H70O11. The fraction of sp³-hybridized carbons (Fsp3) is 0.857. The van der Waals surface area contributed by atoms with Crippen LogP contribution >= 0.6 is 0 Å². The number of esters is 4. The van der Waals surface area contributed by atoms with Gasteiger partial charge in [-0.05, 0) is 57.9 Å². The van der Waals surface area contributed by atoms with Crippen molar-refractivity contribution in [2.24, 2.45) is 0 Å². The van der Waals surface area contributed by atoms with E-state index in [0.29, 0.717) is 37.7 Å². The predicted octanol–water partition coefficient (Wildman–Crippen LogP) is 8.76. The first-order valence-electron chi connectivity index (χ1n) is 20.9. The van der Waals surface area contributed by atoms with Crippen LogP contribution < -0.4 is 0 Å². The summed E-state index contributed by atoms with van der Waals surface area (Å²) in [6.45, 7) is 8.41. The van der Waals surface area contributed by atoms with Crippen molar-refractivity contribution in [3.05, 3.63) is 11.6 Å². The summed E-state index contributed by atoms with van der Waals surface area (Å²) in [7, 11) is 0. The van der Waals surface area contributed by atoms with Gasteiger partial charge in [0.05, 0.1) is 18.3 Å². The topological polar surface area (TPSA) is 133 Å². The largest absolute Gasteiger partial charge is 0.462 e. The monoisotopic (exact) mass is 750 g/mol. The number of ether oxygens (including phenoxy) is 7. The minimum absolute atomic E-state index is 0.0214. The normalized spacial score (nSPS) is 25.6. The smallest absolute Gasteiger partial charge is 0.334 e. The highest BCUT2D eigenvalue weighted by Gasteiger charge is 2.46. The maximum atomic E-state index is 12.1. The summed E-state index contributed by atoms with van der Waals surface area (Å²) in [6.07, 6.45) is 21.5. The summed E-state index contributed by atoms with van der Waals surface area (Å²) in [5, 5.41) is 0. The molecule has 3 aliphatic rings. The van der Waals surface area contributed by atoms with Crippen LogP contribution in [0.15, 0.2) is 11.6 Å². The SMILES string of the molecule is CCCCCCCCCCCCCC[C@H](OC(C)=O)[C@@H]1C[C@@H](OC(C)=O)[C@@H]([C@@H]2CC[C@H](CCCCC[C@H](CC3=C[C@H](C)OC3=O)OC(C)=O)OCO2)O1. The molecule has 11 nitrogen and oxygen atoms in total. The highest BCUT2D eigenvalue weighted by atomic mass is 16.7. The van der Waals surface area contributed by atoms with Gasteiger partial charge in [0.2, 0.25) is 0 Å². The summed E-state index contributed by atoms with van der Waals surface area (Å²) in [5.41, 5.74) is 0.570. The molecule has 8 atom stereocenters. The molecule has 0 aromatic heterocycles. The first kappa shape index (κ1) is 44.9. The number of carbonyl (C=O) groups excluding carboxylic acids is 4. The third-order valence-electron chi connectivity index (χ3n) is 10.6. The Labute approximate surface area is 318 Å². The number of rotatable bonds is 26. The quantitative estimate of drug-likeness (QED) is 0.0477. The summed E-state index contributed by atoms with van der Waals surface area (Å²) in [6, 6.07) is 0. The maximum absolute atomic E-state index is 12.1. The second kappa shape index (κ2) is 25.6. The summed E-state index contributed by atoms with van der Waals surface area (Å²) in [5.74, 6) is -1.40. The van der Waals surface area contributed by atoms with Crippen molar-refractivity contribution >= 4 is 23.9 Å². The molecule has 0 unspecified atom stereocenters. The predicted molar refractivity (Wildman–Crippen MR) is 201 cm³/mol. The van der Waals surface area contributed by atoms with Gasteiger partial charge in [0.15, 0.2) is 0 Å². The Bertz CT molecular complexity index is 1120. The molecule has 0 N–H and O–H groups in total. The molecule has 53 heavy (non-hydrogen) atoms. The van der Waals surface area contributed by atoms with E-state index in [1.165, 1.54) is 85.0 Å². The molecule has 0 amide bonds. The van der Waals surface area contributed by atoms with Gasteiger partial charge in [-0.1, -0.05) is 90.4 Å². The van der Waals surface area contributed by atoms with Crippen LogP contribution in [0.4, 0.5) is 0 Å². The molecule has 3 rings (SSSR count). The van der Waals surface area contributed by atoms with E-state index in [4.69, 9.17) is 33.2 Å². The van der Waals surface area contributed by atoms with E-state index < -0.39 is 18.3 Å².